The van der Waals surface area contributed by atoms with Crippen LogP contribution in [0.4, 0.5) is 5.69 Å². The quantitative estimate of drug-likeness (QED) is 0.112. The third-order valence-electron chi connectivity index (χ3n) is 15.9. The smallest absolute Gasteiger partial charge is 0.0972 e. The summed E-state index contributed by atoms with van der Waals surface area (Å²) in [5.74, 6) is 0. The zero-order valence-corrected chi connectivity index (χ0v) is 40.8. The van der Waals surface area contributed by atoms with Crippen LogP contribution in [0.25, 0.3) is 94.1 Å². The van der Waals surface area contributed by atoms with Gasteiger partial charge in [0, 0.05) is 39.6 Å². The lowest BCUT2D eigenvalue weighted by molar-refractivity contribution is 0.375. The fourth-order valence-corrected chi connectivity index (χ4v) is 12.3. The Bertz CT molecular complexity index is 4030. The molecule has 11 aromatic rings. The Kier molecular flexibility index (Phi) is 10.3. The molecule has 0 amide bonds. The minimum Gasteiger partial charge on any atom is -0.333 e. The second-order valence-electron chi connectivity index (χ2n) is 20.3. The van der Waals surface area contributed by atoms with E-state index in [1.165, 1.54) is 55.4 Å². The first-order valence-corrected chi connectivity index (χ1v) is 25.8. The molecule has 4 heteroatoms. The Labute approximate surface area is 426 Å². The summed E-state index contributed by atoms with van der Waals surface area (Å²) in [6, 6.07) is 75.7. The van der Waals surface area contributed by atoms with Gasteiger partial charge in [0.15, 0.2) is 0 Å². The second kappa shape index (κ2) is 17.5. The molecule has 0 fully saturated rings. The Morgan fingerprint density at radius 3 is 1.88 bits per heavy atom. The second-order valence-corrected chi connectivity index (χ2v) is 20.3. The van der Waals surface area contributed by atoms with Crippen LogP contribution < -0.4 is 4.90 Å². The highest BCUT2D eigenvalue weighted by Gasteiger charge is 2.35. The van der Waals surface area contributed by atoms with Crippen LogP contribution in [0.15, 0.2) is 248 Å². The zero-order valence-electron chi connectivity index (χ0n) is 40.8. The van der Waals surface area contributed by atoms with Gasteiger partial charge in [-0.1, -0.05) is 195 Å². The van der Waals surface area contributed by atoms with Gasteiger partial charge in [-0.25, -0.2) is 4.98 Å². The summed E-state index contributed by atoms with van der Waals surface area (Å²) in [6.07, 6.45) is 17.9. The van der Waals surface area contributed by atoms with Crippen molar-refractivity contribution in [3.63, 3.8) is 0 Å². The van der Waals surface area contributed by atoms with Crippen molar-refractivity contribution in [3.05, 3.63) is 265 Å². The number of fused-ring (bicyclic) bond motifs is 6. The minimum atomic E-state index is 0.0263. The maximum Gasteiger partial charge on any atom is 0.0972 e. The van der Waals surface area contributed by atoms with Gasteiger partial charge in [-0.3, -0.25) is 4.98 Å². The van der Waals surface area contributed by atoms with Crippen molar-refractivity contribution in [2.45, 2.75) is 38.6 Å². The van der Waals surface area contributed by atoms with E-state index in [1.807, 2.05) is 12.3 Å². The third kappa shape index (κ3) is 7.27. The van der Waals surface area contributed by atoms with E-state index in [1.54, 1.807) is 0 Å². The Morgan fingerprint density at radius 1 is 0.534 bits per heavy atom. The van der Waals surface area contributed by atoms with Crippen molar-refractivity contribution in [1.82, 2.24) is 14.5 Å². The van der Waals surface area contributed by atoms with Crippen molar-refractivity contribution in [2.75, 3.05) is 4.90 Å². The number of benzene rings is 8. The van der Waals surface area contributed by atoms with Crippen LogP contribution in [0.5, 0.6) is 0 Å². The predicted molar refractivity (Wildman–Crippen MR) is 306 cm³/mol. The molecule has 348 valence electrons. The number of allylic oxidation sites excluding steroid dienone is 6. The van der Waals surface area contributed by atoms with Crippen molar-refractivity contribution < 1.29 is 0 Å². The minimum absolute atomic E-state index is 0.0263. The van der Waals surface area contributed by atoms with Crippen LogP contribution in [0.3, 0.4) is 0 Å². The lowest BCUT2D eigenvalue weighted by Crippen LogP contribution is -2.23. The predicted octanol–water partition coefficient (Wildman–Crippen LogP) is 17.9. The zero-order chi connectivity index (χ0) is 48.5. The molecule has 14 rings (SSSR count). The molecule has 0 saturated carbocycles. The summed E-state index contributed by atoms with van der Waals surface area (Å²) in [4.78, 5) is 13.2. The van der Waals surface area contributed by atoms with E-state index in [9.17, 15) is 0 Å². The first-order valence-electron chi connectivity index (χ1n) is 25.8. The summed E-state index contributed by atoms with van der Waals surface area (Å²) < 4.78 is 2.45. The molecule has 3 aromatic heterocycles. The van der Waals surface area contributed by atoms with E-state index in [-0.39, 0.29) is 11.5 Å². The molecule has 0 radical (unpaired) electrons. The molecule has 4 nitrogen and oxygen atoms in total. The lowest BCUT2D eigenvalue weighted by Gasteiger charge is -2.37. The summed E-state index contributed by atoms with van der Waals surface area (Å²) >= 11 is 0. The topological polar surface area (TPSA) is 34.0 Å². The Morgan fingerprint density at radius 2 is 1.15 bits per heavy atom. The largest absolute Gasteiger partial charge is 0.333 e. The van der Waals surface area contributed by atoms with E-state index in [4.69, 9.17) is 9.97 Å². The van der Waals surface area contributed by atoms with Crippen molar-refractivity contribution >= 4 is 60.3 Å². The van der Waals surface area contributed by atoms with Gasteiger partial charge in [-0.05, 0) is 140 Å². The molecular weight excluding hydrogens is 885 g/mol. The number of anilines is 1. The summed E-state index contributed by atoms with van der Waals surface area (Å²) in [5.41, 5.74) is 18.6. The monoisotopic (exact) mass is 936 g/mol. The van der Waals surface area contributed by atoms with Crippen molar-refractivity contribution in [3.8, 4) is 39.5 Å². The molecule has 4 heterocycles. The first kappa shape index (κ1) is 43.0. The van der Waals surface area contributed by atoms with Crippen molar-refractivity contribution in [2.24, 2.45) is 5.41 Å². The molecule has 3 aliphatic rings. The number of aromatic nitrogens is 3. The molecule has 2 aliphatic carbocycles. The van der Waals surface area contributed by atoms with Gasteiger partial charge in [-0.15, -0.1) is 0 Å². The van der Waals surface area contributed by atoms with Gasteiger partial charge >= 0.3 is 0 Å². The average Bonchev–Trinajstić information content (AvgIpc) is 4.12. The van der Waals surface area contributed by atoms with Gasteiger partial charge in [-0.2, -0.15) is 0 Å². The molecule has 0 saturated heterocycles. The number of rotatable bonds is 8. The SMILES string of the molecule is CC12CCC=CC1=CC=C(c1c3cc(N4C(c5ccccc5)=CCC4c4ccccc4)ccc3c(-c3ccc4ccc5cccnc5c4n3)c3cc(-n4c(-c5ccccc5)ccc4-c4ccccc4)ccc13)C2. The number of hydrogen-bond acceptors (Lipinski definition) is 3. The highest BCUT2D eigenvalue weighted by Crippen LogP contribution is 2.53. The summed E-state index contributed by atoms with van der Waals surface area (Å²) in [7, 11) is 0. The number of hydrogen-bond donors (Lipinski definition) is 0. The van der Waals surface area contributed by atoms with E-state index in [0.717, 1.165) is 92.3 Å². The van der Waals surface area contributed by atoms with E-state index in [0.29, 0.717) is 0 Å². The molecule has 8 aromatic carbocycles. The molecule has 2 atom stereocenters. The molecule has 73 heavy (non-hydrogen) atoms. The maximum absolute atomic E-state index is 5.69. The fraction of sp³-hybridized carbons (Fsp3) is 0.101. The fourth-order valence-electron chi connectivity index (χ4n) is 12.3. The summed E-state index contributed by atoms with van der Waals surface area (Å²) in [5, 5.41) is 6.93. The third-order valence-corrected chi connectivity index (χ3v) is 15.9. The van der Waals surface area contributed by atoms with Crippen LogP contribution >= 0.6 is 0 Å². The van der Waals surface area contributed by atoms with Gasteiger partial charge in [0.05, 0.1) is 34.2 Å². The normalized spacial score (nSPS) is 17.5. The molecule has 0 bridgehead atoms. The Hall–Kier alpha value is -8.86. The van der Waals surface area contributed by atoms with Crippen LogP contribution in [0, 0.1) is 5.41 Å². The molecule has 1 aliphatic heterocycles. The van der Waals surface area contributed by atoms with E-state index >= 15 is 0 Å². The van der Waals surface area contributed by atoms with E-state index in [2.05, 4.69) is 247 Å². The van der Waals surface area contributed by atoms with Crippen molar-refractivity contribution in [1.29, 1.82) is 0 Å². The van der Waals surface area contributed by atoms with Gasteiger partial charge < -0.3 is 9.47 Å². The van der Waals surface area contributed by atoms with E-state index < -0.39 is 0 Å². The highest BCUT2D eigenvalue weighted by molar-refractivity contribution is 6.20. The first-order chi connectivity index (χ1) is 36.1. The van der Waals surface area contributed by atoms with Crippen LogP contribution in [0.1, 0.15) is 55.3 Å². The van der Waals surface area contributed by atoms with Crippen LogP contribution in [-0.2, 0) is 0 Å². The standard InChI is InChI=1S/C69H52N4/c1-69-41-15-14-26-53(69)31-29-52(45-69)65-56-34-32-55(73-63(48-21-10-4-11-22-48)39-40-64(73)49-23-12-5-13-24-49)44-59(56)66(60-36-30-51-28-27-50-25-16-42-70-67(50)68(51)71-60)57-35-33-54(43-58(57)65)72-61(46-17-6-2-7-18-46)37-38-62(72)47-19-8-3-9-20-47/h2-14,16-37,39-40,42-44,62H,15,38,41,45H2,1H3. The average molecular weight is 937 g/mol. The molecular formula is C69H52N4. The lowest BCUT2D eigenvalue weighted by atomic mass is 9.67. The highest BCUT2D eigenvalue weighted by atomic mass is 15.2. The maximum atomic E-state index is 5.69. The van der Waals surface area contributed by atoms with Crippen LogP contribution in [-0.4, -0.2) is 14.5 Å². The molecule has 0 N–H and O–H groups in total. The number of pyridine rings is 2. The Balaban J connectivity index is 1.09. The summed E-state index contributed by atoms with van der Waals surface area (Å²) in [6.45, 7) is 2.48. The molecule has 2 unspecified atom stereocenters. The van der Waals surface area contributed by atoms with Gasteiger partial charge in [0.25, 0.3) is 0 Å². The number of nitrogens with zero attached hydrogens (tertiary/aromatic N) is 4. The molecule has 0 spiro atoms. The van der Waals surface area contributed by atoms with Gasteiger partial charge in [0.1, 0.15) is 0 Å². The van der Waals surface area contributed by atoms with Gasteiger partial charge in [0.2, 0.25) is 0 Å². The van der Waals surface area contributed by atoms with Crippen LogP contribution in [0.2, 0.25) is 0 Å².